The molecule has 0 amide bonds. The van der Waals surface area contributed by atoms with Crippen LogP contribution in [0.3, 0.4) is 0 Å². The Hall–Kier alpha value is -0.720. The van der Waals surface area contributed by atoms with E-state index in [0.29, 0.717) is 19.6 Å². The zero-order valence-corrected chi connectivity index (χ0v) is 13.1. The average molecular weight is 309 g/mol. The third-order valence-electron chi connectivity index (χ3n) is 3.85. The SMILES string of the molecule is CC1OCCC1(O)CNCc1cc(-c2cccs2)cs1. The van der Waals surface area contributed by atoms with Crippen LogP contribution in [0.5, 0.6) is 0 Å². The van der Waals surface area contributed by atoms with E-state index >= 15 is 0 Å². The van der Waals surface area contributed by atoms with Crippen molar-refractivity contribution in [2.75, 3.05) is 13.2 Å². The Labute approximate surface area is 127 Å². The monoisotopic (exact) mass is 309 g/mol. The Bertz CT molecular complexity index is 552. The summed E-state index contributed by atoms with van der Waals surface area (Å²) >= 11 is 3.52. The average Bonchev–Trinajstić information content (AvgIpc) is 3.13. The van der Waals surface area contributed by atoms with Gasteiger partial charge in [0.05, 0.1) is 6.10 Å². The molecule has 3 heterocycles. The summed E-state index contributed by atoms with van der Waals surface area (Å²) < 4.78 is 5.44. The summed E-state index contributed by atoms with van der Waals surface area (Å²) in [5.74, 6) is 0. The van der Waals surface area contributed by atoms with Crippen molar-refractivity contribution >= 4 is 22.7 Å². The van der Waals surface area contributed by atoms with Gasteiger partial charge in [0.2, 0.25) is 0 Å². The van der Waals surface area contributed by atoms with Crippen molar-refractivity contribution in [2.45, 2.75) is 31.6 Å². The van der Waals surface area contributed by atoms with E-state index in [4.69, 9.17) is 4.74 Å². The van der Waals surface area contributed by atoms with Gasteiger partial charge in [-0.1, -0.05) is 6.07 Å². The third kappa shape index (κ3) is 2.97. The van der Waals surface area contributed by atoms with Crippen LogP contribution in [-0.2, 0) is 11.3 Å². The molecule has 0 saturated carbocycles. The Morgan fingerprint density at radius 1 is 1.50 bits per heavy atom. The van der Waals surface area contributed by atoms with Gasteiger partial charge in [-0.05, 0) is 29.8 Å². The molecule has 3 nitrogen and oxygen atoms in total. The number of rotatable bonds is 5. The number of nitrogens with one attached hydrogen (secondary N) is 1. The van der Waals surface area contributed by atoms with Crippen molar-refractivity contribution in [2.24, 2.45) is 0 Å². The Morgan fingerprint density at radius 3 is 3.10 bits per heavy atom. The molecule has 1 saturated heterocycles. The van der Waals surface area contributed by atoms with Gasteiger partial charge in [0.15, 0.2) is 0 Å². The molecule has 2 atom stereocenters. The van der Waals surface area contributed by atoms with Crippen molar-refractivity contribution in [3.63, 3.8) is 0 Å². The summed E-state index contributed by atoms with van der Waals surface area (Å²) in [5.41, 5.74) is 0.575. The van der Waals surface area contributed by atoms with Crippen molar-refractivity contribution < 1.29 is 9.84 Å². The number of hydrogen-bond acceptors (Lipinski definition) is 5. The second-order valence-electron chi connectivity index (χ2n) is 5.25. The van der Waals surface area contributed by atoms with Crippen molar-refractivity contribution in [1.29, 1.82) is 0 Å². The highest BCUT2D eigenvalue weighted by molar-refractivity contribution is 7.14. The molecule has 2 N–H and O–H groups in total. The fourth-order valence-corrected chi connectivity index (χ4v) is 4.09. The van der Waals surface area contributed by atoms with Crippen LogP contribution in [0.25, 0.3) is 10.4 Å². The fourth-order valence-electron chi connectivity index (χ4n) is 2.45. The van der Waals surface area contributed by atoms with Gasteiger partial charge in [-0.25, -0.2) is 0 Å². The molecule has 0 aliphatic carbocycles. The van der Waals surface area contributed by atoms with Gasteiger partial charge in [0, 0.05) is 41.4 Å². The highest BCUT2D eigenvalue weighted by Crippen LogP contribution is 2.29. The zero-order valence-electron chi connectivity index (χ0n) is 11.5. The van der Waals surface area contributed by atoms with Crippen LogP contribution in [0.4, 0.5) is 0 Å². The molecule has 0 bridgehead atoms. The van der Waals surface area contributed by atoms with Gasteiger partial charge in [-0.15, -0.1) is 22.7 Å². The first kappa shape index (κ1) is 14.2. The van der Waals surface area contributed by atoms with Gasteiger partial charge in [-0.2, -0.15) is 0 Å². The summed E-state index contributed by atoms with van der Waals surface area (Å²) in [5, 5.41) is 18.1. The van der Waals surface area contributed by atoms with Crippen LogP contribution in [0, 0.1) is 0 Å². The smallest absolute Gasteiger partial charge is 0.105 e. The van der Waals surface area contributed by atoms with E-state index in [2.05, 4.69) is 34.3 Å². The lowest BCUT2D eigenvalue weighted by Gasteiger charge is -2.26. The van der Waals surface area contributed by atoms with Crippen molar-refractivity contribution in [1.82, 2.24) is 5.32 Å². The van der Waals surface area contributed by atoms with Crippen LogP contribution < -0.4 is 5.32 Å². The van der Waals surface area contributed by atoms with Gasteiger partial charge in [0.25, 0.3) is 0 Å². The standard InChI is InChI=1S/C15H19NO2S2/c1-11-15(17,4-5-18-11)10-16-8-13-7-12(9-20-13)14-3-2-6-19-14/h2-3,6-7,9,11,16-17H,4-5,8,10H2,1H3. The van der Waals surface area contributed by atoms with Crippen LogP contribution in [0.1, 0.15) is 18.2 Å². The van der Waals surface area contributed by atoms with Gasteiger partial charge >= 0.3 is 0 Å². The Morgan fingerprint density at radius 2 is 2.40 bits per heavy atom. The molecule has 1 aliphatic heterocycles. The molecule has 20 heavy (non-hydrogen) atoms. The molecular weight excluding hydrogens is 290 g/mol. The summed E-state index contributed by atoms with van der Waals surface area (Å²) in [6.45, 7) is 3.97. The maximum atomic E-state index is 10.4. The molecule has 108 valence electrons. The Balaban J connectivity index is 1.54. The number of thiophene rings is 2. The second-order valence-corrected chi connectivity index (χ2v) is 7.19. The van der Waals surface area contributed by atoms with E-state index in [-0.39, 0.29) is 6.10 Å². The fraction of sp³-hybridized carbons (Fsp3) is 0.467. The molecule has 3 rings (SSSR count). The van der Waals surface area contributed by atoms with Crippen LogP contribution in [0.15, 0.2) is 29.0 Å². The normalized spacial score (nSPS) is 26.2. The summed E-state index contributed by atoms with van der Waals surface area (Å²) in [6, 6.07) is 6.44. The number of ether oxygens (including phenoxy) is 1. The van der Waals surface area contributed by atoms with E-state index in [1.165, 1.54) is 15.3 Å². The maximum Gasteiger partial charge on any atom is 0.105 e. The topological polar surface area (TPSA) is 41.5 Å². The summed E-state index contributed by atoms with van der Waals surface area (Å²) in [6.07, 6.45) is 0.631. The minimum absolute atomic E-state index is 0.0833. The number of hydrogen-bond donors (Lipinski definition) is 2. The van der Waals surface area contributed by atoms with E-state index in [1.54, 1.807) is 22.7 Å². The molecule has 0 radical (unpaired) electrons. The largest absolute Gasteiger partial charge is 0.386 e. The zero-order chi connectivity index (χ0) is 14.0. The van der Waals surface area contributed by atoms with E-state index in [0.717, 1.165) is 6.54 Å². The minimum atomic E-state index is -0.714. The first-order chi connectivity index (χ1) is 9.67. The summed E-state index contributed by atoms with van der Waals surface area (Å²) in [7, 11) is 0. The first-order valence-electron chi connectivity index (χ1n) is 6.83. The first-order valence-corrected chi connectivity index (χ1v) is 8.59. The molecule has 1 aliphatic rings. The second kappa shape index (κ2) is 5.95. The van der Waals surface area contributed by atoms with Crippen LogP contribution in [-0.4, -0.2) is 30.0 Å². The van der Waals surface area contributed by atoms with E-state index < -0.39 is 5.60 Å². The highest BCUT2D eigenvalue weighted by Gasteiger charge is 2.38. The maximum absolute atomic E-state index is 10.4. The van der Waals surface area contributed by atoms with E-state index in [1.807, 2.05) is 6.92 Å². The molecular formula is C15H19NO2S2. The van der Waals surface area contributed by atoms with E-state index in [9.17, 15) is 5.11 Å². The lowest BCUT2D eigenvalue weighted by Crippen LogP contribution is -2.45. The molecule has 2 aromatic heterocycles. The predicted octanol–water partition coefficient (Wildman–Crippen LogP) is 3.11. The molecule has 2 unspecified atom stereocenters. The molecule has 1 fully saturated rings. The van der Waals surface area contributed by atoms with Crippen molar-refractivity contribution in [3.05, 3.63) is 33.8 Å². The molecule has 0 aromatic carbocycles. The molecule has 2 aromatic rings. The third-order valence-corrected chi connectivity index (χ3v) is 5.71. The predicted molar refractivity (Wildman–Crippen MR) is 84.3 cm³/mol. The lowest BCUT2D eigenvalue weighted by atomic mass is 9.97. The summed E-state index contributed by atoms with van der Waals surface area (Å²) in [4.78, 5) is 2.60. The van der Waals surface area contributed by atoms with Gasteiger partial charge in [0.1, 0.15) is 5.60 Å². The highest BCUT2D eigenvalue weighted by atomic mass is 32.1. The number of aliphatic hydroxyl groups is 1. The van der Waals surface area contributed by atoms with Gasteiger partial charge < -0.3 is 15.2 Å². The van der Waals surface area contributed by atoms with Crippen LogP contribution >= 0.6 is 22.7 Å². The lowest BCUT2D eigenvalue weighted by molar-refractivity contribution is -0.0262. The van der Waals surface area contributed by atoms with Gasteiger partial charge in [-0.3, -0.25) is 0 Å². The molecule has 5 heteroatoms. The quantitative estimate of drug-likeness (QED) is 0.892. The van der Waals surface area contributed by atoms with Crippen LogP contribution in [0.2, 0.25) is 0 Å². The van der Waals surface area contributed by atoms with Crippen molar-refractivity contribution in [3.8, 4) is 10.4 Å². The minimum Gasteiger partial charge on any atom is -0.386 e. The Kier molecular flexibility index (Phi) is 4.23. The molecule has 0 spiro atoms.